The van der Waals surface area contributed by atoms with Gasteiger partial charge in [-0.25, -0.2) is 0 Å². The number of hydrogen-bond donors (Lipinski definition) is 0. The zero-order valence-electron chi connectivity index (χ0n) is 11.9. The number of carbonyl (C=O) groups excluding carboxylic acids is 1. The van der Waals surface area contributed by atoms with Crippen LogP contribution in [0.4, 0.5) is 0 Å². The molecule has 0 fully saturated rings. The fourth-order valence-corrected chi connectivity index (χ4v) is 2.00. The van der Waals surface area contributed by atoms with Gasteiger partial charge in [-0.05, 0) is 29.8 Å². The van der Waals surface area contributed by atoms with Gasteiger partial charge in [0.25, 0.3) is 0 Å². The summed E-state index contributed by atoms with van der Waals surface area (Å²) in [6, 6.07) is 11.0. The van der Waals surface area contributed by atoms with Gasteiger partial charge >= 0.3 is 0 Å². The number of amides is 1. The van der Waals surface area contributed by atoms with Crippen LogP contribution in [0.5, 0.6) is 5.75 Å². The lowest BCUT2D eigenvalue weighted by Crippen LogP contribution is -2.32. The second kappa shape index (κ2) is 7.20. The Morgan fingerprint density at radius 3 is 2.90 bits per heavy atom. The lowest BCUT2D eigenvalue weighted by molar-refractivity contribution is -0.130. The minimum Gasteiger partial charge on any atom is -0.497 e. The molecule has 0 unspecified atom stereocenters. The second-order valence-electron chi connectivity index (χ2n) is 4.56. The van der Waals surface area contributed by atoms with Crippen LogP contribution in [0.1, 0.15) is 11.3 Å². The lowest BCUT2D eigenvalue weighted by atomic mass is 10.1. The van der Waals surface area contributed by atoms with Gasteiger partial charge < -0.3 is 14.1 Å². The highest BCUT2D eigenvalue weighted by atomic mass is 16.5. The highest BCUT2D eigenvalue weighted by Crippen LogP contribution is 2.14. The molecule has 0 saturated heterocycles. The zero-order valence-corrected chi connectivity index (χ0v) is 11.9. The third kappa shape index (κ3) is 4.15. The number of ether oxygens (including phenoxy) is 1. The van der Waals surface area contributed by atoms with Crippen LogP contribution < -0.4 is 4.74 Å². The maximum absolute atomic E-state index is 12.4. The van der Waals surface area contributed by atoms with E-state index < -0.39 is 0 Å². The number of carbonyl (C=O) groups is 1. The maximum Gasteiger partial charge on any atom is 0.228 e. The first-order valence-corrected chi connectivity index (χ1v) is 6.59. The van der Waals surface area contributed by atoms with E-state index in [1.165, 1.54) is 0 Å². The molecule has 2 aromatic rings. The van der Waals surface area contributed by atoms with E-state index in [0.717, 1.165) is 11.3 Å². The van der Waals surface area contributed by atoms with E-state index in [9.17, 15) is 4.79 Å². The van der Waals surface area contributed by atoms with Gasteiger partial charge in [-0.1, -0.05) is 18.1 Å². The Balaban J connectivity index is 2.05. The molecule has 0 N–H and O–H groups in total. The van der Waals surface area contributed by atoms with Crippen LogP contribution in [0.3, 0.4) is 0 Å². The van der Waals surface area contributed by atoms with Crippen LogP contribution in [0.2, 0.25) is 0 Å². The second-order valence-corrected chi connectivity index (χ2v) is 4.56. The van der Waals surface area contributed by atoms with Crippen LogP contribution in [0, 0.1) is 12.3 Å². The highest BCUT2D eigenvalue weighted by Gasteiger charge is 2.15. The number of hydrogen-bond acceptors (Lipinski definition) is 3. The summed E-state index contributed by atoms with van der Waals surface area (Å²) in [6.45, 7) is 0.628. The molecule has 108 valence electrons. The van der Waals surface area contributed by atoms with Crippen molar-refractivity contribution in [3.8, 4) is 18.1 Å². The molecule has 0 aliphatic heterocycles. The molecule has 0 bridgehead atoms. The number of furan rings is 1. The van der Waals surface area contributed by atoms with Crippen molar-refractivity contribution >= 4 is 5.91 Å². The molecule has 1 aromatic heterocycles. The molecule has 0 aliphatic rings. The number of methoxy groups -OCH3 is 1. The van der Waals surface area contributed by atoms with Crippen molar-refractivity contribution in [2.45, 2.75) is 13.0 Å². The molecular weight excluding hydrogens is 266 g/mol. The molecule has 1 aromatic carbocycles. The smallest absolute Gasteiger partial charge is 0.228 e. The van der Waals surface area contributed by atoms with Crippen molar-refractivity contribution < 1.29 is 13.9 Å². The van der Waals surface area contributed by atoms with Crippen LogP contribution >= 0.6 is 0 Å². The molecule has 0 spiro atoms. The normalized spacial score (nSPS) is 9.90. The summed E-state index contributed by atoms with van der Waals surface area (Å²) in [5, 5.41) is 0. The maximum atomic E-state index is 12.4. The Morgan fingerprint density at radius 2 is 2.24 bits per heavy atom. The largest absolute Gasteiger partial charge is 0.497 e. The van der Waals surface area contributed by atoms with Gasteiger partial charge in [-0.2, -0.15) is 0 Å². The first-order chi connectivity index (χ1) is 10.2. The molecule has 0 radical (unpaired) electrons. The zero-order chi connectivity index (χ0) is 15.1. The molecule has 1 amide bonds. The Kier molecular flexibility index (Phi) is 5.05. The minimum atomic E-state index is -0.0439. The van der Waals surface area contributed by atoms with Crippen LogP contribution in [0.25, 0.3) is 0 Å². The average molecular weight is 283 g/mol. The fourth-order valence-electron chi connectivity index (χ4n) is 2.00. The summed E-state index contributed by atoms with van der Waals surface area (Å²) in [5.74, 6) is 3.91. The first-order valence-electron chi connectivity index (χ1n) is 6.59. The molecule has 0 atom stereocenters. The minimum absolute atomic E-state index is 0.0439. The predicted octanol–water partition coefficient (Wildman–Crippen LogP) is 2.49. The Bertz CT molecular complexity index is 626. The summed E-state index contributed by atoms with van der Waals surface area (Å²) in [6.07, 6.45) is 7.20. The van der Waals surface area contributed by atoms with Gasteiger partial charge in [-0.3, -0.25) is 4.79 Å². The van der Waals surface area contributed by atoms with Crippen molar-refractivity contribution in [1.29, 1.82) is 0 Å². The molecule has 2 rings (SSSR count). The van der Waals surface area contributed by atoms with E-state index in [1.807, 2.05) is 30.3 Å². The topological polar surface area (TPSA) is 42.7 Å². The highest BCUT2D eigenvalue weighted by molar-refractivity contribution is 5.79. The van der Waals surface area contributed by atoms with Crippen LogP contribution in [-0.4, -0.2) is 24.5 Å². The predicted molar refractivity (Wildman–Crippen MR) is 79.7 cm³/mol. The van der Waals surface area contributed by atoms with E-state index in [0.29, 0.717) is 12.3 Å². The van der Waals surface area contributed by atoms with Crippen molar-refractivity contribution in [3.05, 3.63) is 54.0 Å². The Morgan fingerprint density at radius 1 is 1.38 bits per heavy atom. The van der Waals surface area contributed by atoms with Crippen molar-refractivity contribution in [3.63, 3.8) is 0 Å². The molecule has 1 heterocycles. The van der Waals surface area contributed by atoms with Gasteiger partial charge in [0.15, 0.2) is 0 Å². The average Bonchev–Trinajstić information content (AvgIpc) is 3.00. The third-order valence-corrected chi connectivity index (χ3v) is 3.05. The molecule has 0 saturated carbocycles. The van der Waals surface area contributed by atoms with Gasteiger partial charge in [0.05, 0.1) is 32.9 Å². The van der Waals surface area contributed by atoms with Gasteiger partial charge in [-0.15, -0.1) is 6.42 Å². The fraction of sp³-hybridized carbons (Fsp3) is 0.235. The van der Waals surface area contributed by atoms with Crippen LogP contribution in [0.15, 0.2) is 47.1 Å². The van der Waals surface area contributed by atoms with Crippen molar-refractivity contribution in [2.24, 2.45) is 0 Å². The van der Waals surface area contributed by atoms with Gasteiger partial charge in [0.2, 0.25) is 5.91 Å². The summed E-state index contributed by atoms with van der Waals surface area (Å²) in [5.41, 5.74) is 0.890. The van der Waals surface area contributed by atoms with E-state index in [2.05, 4.69) is 5.92 Å². The molecule has 21 heavy (non-hydrogen) atoms. The van der Waals surface area contributed by atoms with E-state index in [1.54, 1.807) is 24.3 Å². The quantitative estimate of drug-likeness (QED) is 0.765. The number of benzene rings is 1. The first kappa shape index (κ1) is 14.7. The van der Waals surface area contributed by atoms with E-state index in [4.69, 9.17) is 15.6 Å². The molecule has 0 aliphatic carbocycles. The monoisotopic (exact) mass is 283 g/mol. The van der Waals surface area contributed by atoms with E-state index in [-0.39, 0.29) is 18.9 Å². The van der Waals surface area contributed by atoms with E-state index >= 15 is 0 Å². The van der Waals surface area contributed by atoms with Gasteiger partial charge in [0, 0.05) is 0 Å². The standard InChI is InChI=1S/C17H17NO3/c1-3-9-18(13-16-8-5-10-21-16)17(19)12-14-6-4-7-15(11-14)20-2/h1,4-8,10-11H,9,12-13H2,2H3. The molecule has 4 heteroatoms. The van der Waals surface area contributed by atoms with Crippen molar-refractivity contribution in [1.82, 2.24) is 4.90 Å². The van der Waals surface area contributed by atoms with Crippen LogP contribution in [-0.2, 0) is 17.8 Å². The number of rotatable bonds is 6. The number of terminal acetylenes is 1. The Labute approximate surface area is 124 Å². The SMILES string of the molecule is C#CCN(Cc1ccco1)C(=O)Cc1cccc(OC)c1. The van der Waals surface area contributed by atoms with Crippen molar-refractivity contribution in [2.75, 3.05) is 13.7 Å². The number of nitrogens with zero attached hydrogens (tertiary/aromatic N) is 1. The summed E-state index contributed by atoms with van der Waals surface area (Å²) in [4.78, 5) is 14.0. The summed E-state index contributed by atoms with van der Waals surface area (Å²) >= 11 is 0. The van der Waals surface area contributed by atoms with Gasteiger partial charge in [0.1, 0.15) is 11.5 Å². The summed E-state index contributed by atoms with van der Waals surface area (Å²) in [7, 11) is 1.60. The Hall–Kier alpha value is -2.67. The molecular formula is C17H17NO3. The third-order valence-electron chi connectivity index (χ3n) is 3.05. The lowest BCUT2D eigenvalue weighted by Gasteiger charge is -2.19. The summed E-state index contributed by atoms with van der Waals surface area (Å²) < 4.78 is 10.4. The molecule has 4 nitrogen and oxygen atoms in total.